The van der Waals surface area contributed by atoms with E-state index >= 15 is 0 Å². The highest BCUT2D eigenvalue weighted by atomic mass is 32.1. The fourth-order valence-electron chi connectivity index (χ4n) is 2.30. The summed E-state index contributed by atoms with van der Waals surface area (Å²) in [6, 6.07) is 0. The van der Waals surface area contributed by atoms with Crippen molar-refractivity contribution < 1.29 is 14.3 Å². The Morgan fingerprint density at radius 3 is 2.59 bits per heavy atom. The van der Waals surface area contributed by atoms with E-state index < -0.39 is 5.41 Å². The molecule has 0 aromatic rings. The number of likely N-dealkylation sites (tertiary alicyclic amines) is 1. The number of amides is 1. The van der Waals surface area contributed by atoms with Crippen LogP contribution in [0.2, 0.25) is 0 Å². The van der Waals surface area contributed by atoms with Crippen molar-refractivity contribution in [1.82, 2.24) is 4.90 Å². The van der Waals surface area contributed by atoms with Crippen molar-refractivity contribution in [2.24, 2.45) is 17.1 Å². The van der Waals surface area contributed by atoms with Gasteiger partial charge in [-0.1, -0.05) is 12.2 Å². The van der Waals surface area contributed by atoms with Gasteiger partial charge in [-0.05, 0) is 19.3 Å². The van der Waals surface area contributed by atoms with Crippen LogP contribution in [0.15, 0.2) is 0 Å². The molecule has 2 N–H and O–H groups in total. The van der Waals surface area contributed by atoms with Gasteiger partial charge in [0.1, 0.15) is 0 Å². The number of hydrogen-bond donors (Lipinski definition) is 1. The molecule has 1 aliphatic carbocycles. The second-order valence-corrected chi connectivity index (χ2v) is 5.15. The summed E-state index contributed by atoms with van der Waals surface area (Å²) in [5, 5.41) is 0. The molecule has 2 fully saturated rings. The second kappa shape index (κ2) is 4.25. The molecule has 6 heteroatoms. The lowest BCUT2D eigenvalue weighted by atomic mass is 10.1. The molecule has 0 aromatic heterocycles. The molecule has 0 radical (unpaired) electrons. The van der Waals surface area contributed by atoms with Crippen molar-refractivity contribution in [3.8, 4) is 0 Å². The van der Waals surface area contributed by atoms with Gasteiger partial charge in [-0.25, -0.2) is 0 Å². The number of thiocarbonyl (C=S) groups is 1. The quantitative estimate of drug-likeness (QED) is 0.571. The van der Waals surface area contributed by atoms with E-state index in [2.05, 4.69) is 4.74 Å². The molecule has 1 heterocycles. The van der Waals surface area contributed by atoms with Gasteiger partial charge in [0.25, 0.3) is 0 Å². The number of carbonyl (C=O) groups excluding carboxylic acids is 2. The van der Waals surface area contributed by atoms with E-state index in [-0.39, 0.29) is 22.8 Å². The Morgan fingerprint density at radius 1 is 1.47 bits per heavy atom. The molecule has 1 atom stereocenters. The molecule has 1 unspecified atom stereocenters. The minimum absolute atomic E-state index is 0.0172. The Balaban J connectivity index is 2.00. The van der Waals surface area contributed by atoms with Gasteiger partial charge >= 0.3 is 5.97 Å². The predicted octanol–water partition coefficient (Wildman–Crippen LogP) is 0.0742. The third-order valence-electron chi connectivity index (χ3n) is 3.64. The number of carbonyl (C=O) groups is 2. The first-order valence-electron chi connectivity index (χ1n) is 5.68. The minimum atomic E-state index is -0.611. The van der Waals surface area contributed by atoms with Gasteiger partial charge in [0.05, 0.1) is 23.4 Å². The van der Waals surface area contributed by atoms with E-state index in [1.54, 1.807) is 4.90 Å². The third kappa shape index (κ3) is 2.01. The highest BCUT2D eigenvalue weighted by molar-refractivity contribution is 7.80. The summed E-state index contributed by atoms with van der Waals surface area (Å²) in [4.78, 5) is 25.6. The second-order valence-electron chi connectivity index (χ2n) is 4.71. The minimum Gasteiger partial charge on any atom is -0.469 e. The first-order chi connectivity index (χ1) is 8.01. The fourth-order valence-corrected chi connectivity index (χ4v) is 2.59. The molecule has 5 nitrogen and oxygen atoms in total. The van der Waals surface area contributed by atoms with Crippen LogP contribution >= 0.6 is 12.2 Å². The van der Waals surface area contributed by atoms with Gasteiger partial charge in [-0.15, -0.1) is 0 Å². The molecule has 1 aliphatic heterocycles. The summed E-state index contributed by atoms with van der Waals surface area (Å²) in [6.07, 6.45) is 2.13. The maximum Gasteiger partial charge on any atom is 0.310 e. The van der Waals surface area contributed by atoms with Crippen molar-refractivity contribution in [3.63, 3.8) is 0 Å². The number of methoxy groups -OCH3 is 1. The van der Waals surface area contributed by atoms with Gasteiger partial charge < -0.3 is 15.4 Å². The Hall–Kier alpha value is -1.17. The number of esters is 1. The summed E-state index contributed by atoms with van der Waals surface area (Å²) >= 11 is 4.95. The van der Waals surface area contributed by atoms with Crippen LogP contribution in [0, 0.1) is 11.3 Å². The third-order valence-corrected chi connectivity index (χ3v) is 4.03. The van der Waals surface area contributed by atoms with Crippen LogP contribution in [-0.4, -0.2) is 42.0 Å². The van der Waals surface area contributed by atoms with Crippen molar-refractivity contribution >= 4 is 29.1 Å². The van der Waals surface area contributed by atoms with E-state index in [4.69, 9.17) is 18.0 Å². The lowest BCUT2D eigenvalue weighted by Crippen LogP contribution is -2.42. The van der Waals surface area contributed by atoms with Crippen LogP contribution in [0.4, 0.5) is 0 Å². The number of nitrogens with two attached hydrogens (primary N) is 1. The predicted molar refractivity (Wildman–Crippen MR) is 65.2 cm³/mol. The zero-order valence-electron chi connectivity index (χ0n) is 9.77. The normalized spacial score (nSPS) is 25.5. The summed E-state index contributed by atoms with van der Waals surface area (Å²) < 4.78 is 4.68. The topological polar surface area (TPSA) is 72.6 Å². The first kappa shape index (κ1) is 12.3. The van der Waals surface area contributed by atoms with Gasteiger partial charge in [0.2, 0.25) is 5.91 Å². The largest absolute Gasteiger partial charge is 0.469 e. The van der Waals surface area contributed by atoms with Crippen molar-refractivity contribution in [2.45, 2.75) is 19.3 Å². The summed E-state index contributed by atoms with van der Waals surface area (Å²) in [6.45, 7) is 1.01. The first-order valence-corrected chi connectivity index (χ1v) is 6.09. The van der Waals surface area contributed by atoms with Crippen LogP contribution in [0.5, 0.6) is 0 Å². The fraction of sp³-hybridized carbons (Fsp3) is 0.727. The smallest absolute Gasteiger partial charge is 0.310 e. The summed E-state index contributed by atoms with van der Waals surface area (Å²) in [5.41, 5.74) is 5.00. The number of nitrogens with zero attached hydrogens (tertiary/aromatic N) is 1. The molecule has 1 amide bonds. The van der Waals surface area contributed by atoms with Crippen LogP contribution in [-0.2, 0) is 14.3 Å². The standard InChI is InChI=1S/C11H16N2O3S/c1-16-8(14)7-2-5-13(6-7)10(15)11(3-4-11)9(12)17/h7H,2-6H2,1H3,(H2,12,17). The van der Waals surface area contributed by atoms with E-state index in [0.717, 1.165) is 12.8 Å². The highest BCUT2D eigenvalue weighted by Gasteiger charge is 2.55. The van der Waals surface area contributed by atoms with Gasteiger partial charge in [0, 0.05) is 13.1 Å². The molecule has 94 valence electrons. The number of ether oxygens (including phenoxy) is 1. The lowest BCUT2D eigenvalue weighted by molar-refractivity contribution is -0.145. The van der Waals surface area contributed by atoms with Gasteiger partial charge in [-0.2, -0.15) is 0 Å². The Bertz CT molecular complexity index is 379. The molecule has 2 aliphatic rings. The molecular weight excluding hydrogens is 240 g/mol. The van der Waals surface area contributed by atoms with E-state index in [0.29, 0.717) is 19.5 Å². The monoisotopic (exact) mass is 256 g/mol. The van der Waals surface area contributed by atoms with Crippen LogP contribution in [0.3, 0.4) is 0 Å². The molecule has 0 bridgehead atoms. The Kier molecular flexibility index (Phi) is 3.07. The molecule has 17 heavy (non-hydrogen) atoms. The molecule has 1 saturated carbocycles. The van der Waals surface area contributed by atoms with Crippen molar-refractivity contribution in [2.75, 3.05) is 20.2 Å². The number of rotatable bonds is 3. The van der Waals surface area contributed by atoms with Crippen LogP contribution < -0.4 is 5.73 Å². The zero-order chi connectivity index (χ0) is 12.6. The average Bonchev–Trinajstić information content (AvgIpc) is 2.99. The molecular formula is C11H16N2O3S. The highest BCUT2D eigenvalue weighted by Crippen LogP contribution is 2.48. The summed E-state index contributed by atoms with van der Waals surface area (Å²) in [7, 11) is 1.37. The number of hydrogen-bond acceptors (Lipinski definition) is 4. The Labute approximate surface area is 105 Å². The maximum atomic E-state index is 12.2. The molecule has 1 saturated heterocycles. The van der Waals surface area contributed by atoms with Crippen LogP contribution in [0.1, 0.15) is 19.3 Å². The molecule has 0 aromatic carbocycles. The average molecular weight is 256 g/mol. The van der Waals surface area contributed by atoms with Gasteiger partial charge in [0.15, 0.2) is 0 Å². The molecule has 0 spiro atoms. The van der Waals surface area contributed by atoms with E-state index in [1.807, 2.05) is 0 Å². The van der Waals surface area contributed by atoms with E-state index in [1.165, 1.54) is 7.11 Å². The van der Waals surface area contributed by atoms with Crippen LogP contribution in [0.25, 0.3) is 0 Å². The zero-order valence-corrected chi connectivity index (χ0v) is 10.6. The summed E-state index contributed by atoms with van der Waals surface area (Å²) in [5.74, 6) is -0.469. The Morgan fingerprint density at radius 2 is 2.12 bits per heavy atom. The van der Waals surface area contributed by atoms with Gasteiger partial charge in [-0.3, -0.25) is 9.59 Å². The SMILES string of the molecule is COC(=O)C1CCN(C(=O)C2(C(N)=S)CC2)C1. The maximum absolute atomic E-state index is 12.2. The molecule has 2 rings (SSSR count). The lowest BCUT2D eigenvalue weighted by Gasteiger charge is -2.22. The van der Waals surface area contributed by atoms with E-state index in [9.17, 15) is 9.59 Å². The van der Waals surface area contributed by atoms with Crippen molar-refractivity contribution in [1.29, 1.82) is 0 Å². The van der Waals surface area contributed by atoms with Crippen molar-refractivity contribution in [3.05, 3.63) is 0 Å².